The summed E-state index contributed by atoms with van der Waals surface area (Å²) < 4.78 is 0. The predicted octanol–water partition coefficient (Wildman–Crippen LogP) is 3.21. The van der Waals surface area contributed by atoms with Crippen molar-refractivity contribution in [3.8, 4) is 0 Å². The largest absolute Gasteiger partial charge is 0.354 e. The predicted molar refractivity (Wildman–Crippen MR) is 92.2 cm³/mol. The van der Waals surface area contributed by atoms with Gasteiger partial charge in [-0.05, 0) is 24.5 Å². The van der Waals surface area contributed by atoms with Crippen LogP contribution in [0.5, 0.6) is 0 Å². The molecule has 0 spiro atoms. The lowest BCUT2D eigenvalue weighted by atomic mass is 10.2. The topological polar surface area (TPSA) is 58.1 Å². The van der Waals surface area contributed by atoms with Gasteiger partial charge in [-0.3, -0.25) is 4.79 Å². The van der Waals surface area contributed by atoms with E-state index in [1.807, 2.05) is 37.3 Å². The summed E-state index contributed by atoms with van der Waals surface area (Å²) in [5.74, 6) is 0.912. The van der Waals surface area contributed by atoms with E-state index in [0.717, 1.165) is 12.1 Å². The third-order valence-corrected chi connectivity index (χ3v) is 3.43. The van der Waals surface area contributed by atoms with Crippen molar-refractivity contribution < 1.29 is 4.79 Å². The molecule has 1 heterocycles. The van der Waals surface area contributed by atoms with Gasteiger partial charge in [-0.2, -0.15) is 0 Å². The first-order valence-electron chi connectivity index (χ1n) is 8.00. The van der Waals surface area contributed by atoms with E-state index in [0.29, 0.717) is 30.6 Å². The Bertz CT molecular complexity index is 628. The Morgan fingerprint density at radius 1 is 1.22 bits per heavy atom. The number of hydrogen-bond acceptors (Lipinski definition) is 4. The highest BCUT2D eigenvalue weighted by Gasteiger charge is 2.16. The van der Waals surface area contributed by atoms with Crippen LogP contribution in [0.4, 0.5) is 5.95 Å². The molecule has 0 atom stereocenters. The number of anilines is 1. The molecule has 1 amide bonds. The molecule has 0 aliphatic rings. The number of benzene rings is 1. The number of aromatic nitrogens is 2. The van der Waals surface area contributed by atoms with Crippen molar-refractivity contribution in [2.24, 2.45) is 5.92 Å². The van der Waals surface area contributed by atoms with Gasteiger partial charge in [0, 0.05) is 25.8 Å². The van der Waals surface area contributed by atoms with Gasteiger partial charge in [-0.15, -0.1) is 0 Å². The van der Waals surface area contributed by atoms with E-state index in [1.54, 1.807) is 17.2 Å². The highest BCUT2D eigenvalue weighted by atomic mass is 16.2. The van der Waals surface area contributed by atoms with Crippen molar-refractivity contribution in [2.45, 2.75) is 27.3 Å². The quantitative estimate of drug-likeness (QED) is 0.853. The Kier molecular flexibility index (Phi) is 6.09. The summed E-state index contributed by atoms with van der Waals surface area (Å²) in [7, 11) is 0. The van der Waals surface area contributed by atoms with Gasteiger partial charge in [0.25, 0.3) is 5.91 Å². The van der Waals surface area contributed by atoms with E-state index in [4.69, 9.17) is 0 Å². The second-order valence-corrected chi connectivity index (χ2v) is 5.85. The Labute approximate surface area is 137 Å². The van der Waals surface area contributed by atoms with E-state index in [1.165, 1.54) is 0 Å². The third kappa shape index (κ3) is 5.06. The van der Waals surface area contributed by atoms with E-state index in [-0.39, 0.29) is 5.91 Å². The number of rotatable bonds is 7. The van der Waals surface area contributed by atoms with Crippen LogP contribution in [0.2, 0.25) is 0 Å². The molecule has 0 unspecified atom stereocenters. The molecule has 122 valence electrons. The van der Waals surface area contributed by atoms with Gasteiger partial charge in [0.05, 0.1) is 0 Å². The first-order valence-corrected chi connectivity index (χ1v) is 8.00. The lowest BCUT2D eigenvalue weighted by molar-refractivity contribution is 0.0746. The molecule has 5 heteroatoms. The molecule has 0 radical (unpaired) electrons. The summed E-state index contributed by atoms with van der Waals surface area (Å²) in [5.41, 5.74) is 1.53. The molecule has 0 aliphatic heterocycles. The highest BCUT2D eigenvalue weighted by Crippen LogP contribution is 2.10. The van der Waals surface area contributed by atoms with Crippen molar-refractivity contribution in [2.75, 3.05) is 18.4 Å². The maximum Gasteiger partial charge on any atom is 0.272 e. The van der Waals surface area contributed by atoms with Crippen LogP contribution in [0.25, 0.3) is 0 Å². The lowest BCUT2D eigenvalue weighted by Crippen LogP contribution is -2.31. The maximum atomic E-state index is 12.7. The number of nitrogens with zero attached hydrogens (tertiary/aromatic N) is 3. The number of carbonyl (C=O) groups excluding carboxylic acids is 1. The number of amides is 1. The molecule has 0 saturated carbocycles. The van der Waals surface area contributed by atoms with Gasteiger partial charge in [0.15, 0.2) is 0 Å². The molecule has 2 aromatic rings. The van der Waals surface area contributed by atoms with Gasteiger partial charge >= 0.3 is 0 Å². The van der Waals surface area contributed by atoms with E-state index >= 15 is 0 Å². The van der Waals surface area contributed by atoms with E-state index < -0.39 is 0 Å². The maximum absolute atomic E-state index is 12.7. The first-order chi connectivity index (χ1) is 11.1. The van der Waals surface area contributed by atoms with Crippen molar-refractivity contribution in [1.82, 2.24) is 14.9 Å². The smallest absolute Gasteiger partial charge is 0.272 e. The van der Waals surface area contributed by atoms with Gasteiger partial charge in [0.2, 0.25) is 5.95 Å². The van der Waals surface area contributed by atoms with Gasteiger partial charge in [-0.25, -0.2) is 9.97 Å². The first kappa shape index (κ1) is 16.9. The Balaban J connectivity index is 2.09. The Morgan fingerprint density at radius 2 is 1.96 bits per heavy atom. The summed E-state index contributed by atoms with van der Waals surface area (Å²) in [4.78, 5) is 23.0. The van der Waals surface area contributed by atoms with Crippen LogP contribution in [0.15, 0.2) is 42.6 Å². The standard InChI is InChI=1S/C18H24N4O/c1-4-22(13-15-8-6-5-7-9-15)17(23)16-10-11-19-18(21-16)20-12-14(2)3/h5-11,14H,4,12-13H2,1-3H3,(H,19,20,21). The molecule has 2 rings (SSSR count). The van der Waals surface area contributed by atoms with Crippen molar-refractivity contribution in [3.05, 3.63) is 53.9 Å². The van der Waals surface area contributed by atoms with Crippen molar-refractivity contribution in [3.63, 3.8) is 0 Å². The number of carbonyl (C=O) groups is 1. The summed E-state index contributed by atoms with van der Waals surface area (Å²) in [6, 6.07) is 11.6. The molecule has 0 aliphatic carbocycles. The minimum absolute atomic E-state index is 0.0775. The fourth-order valence-corrected chi connectivity index (χ4v) is 2.15. The fraction of sp³-hybridized carbons (Fsp3) is 0.389. The second kappa shape index (κ2) is 8.27. The Hall–Kier alpha value is -2.43. The number of nitrogens with one attached hydrogen (secondary N) is 1. The van der Waals surface area contributed by atoms with E-state index in [2.05, 4.69) is 29.1 Å². The Morgan fingerprint density at radius 3 is 2.61 bits per heavy atom. The van der Waals surface area contributed by atoms with Crippen molar-refractivity contribution >= 4 is 11.9 Å². The van der Waals surface area contributed by atoms with Crippen molar-refractivity contribution in [1.29, 1.82) is 0 Å². The van der Waals surface area contributed by atoms with Crippen LogP contribution in [0, 0.1) is 5.92 Å². The van der Waals surface area contributed by atoms with Crippen LogP contribution in [-0.2, 0) is 6.54 Å². The van der Waals surface area contributed by atoms with Gasteiger partial charge < -0.3 is 10.2 Å². The zero-order valence-corrected chi connectivity index (χ0v) is 14.0. The second-order valence-electron chi connectivity index (χ2n) is 5.85. The molecule has 1 aromatic carbocycles. The molecule has 0 bridgehead atoms. The molecule has 1 aromatic heterocycles. The number of hydrogen-bond donors (Lipinski definition) is 1. The van der Waals surface area contributed by atoms with Crippen LogP contribution in [-0.4, -0.2) is 33.9 Å². The molecule has 1 N–H and O–H groups in total. The molecule has 0 fully saturated rings. The van der Waals surface area contributed by atoms with Crippen LogP contribution in [0.3, 0.4) is 0 Å². The lowest BCUT2D eigenvalue weighted by Gasteiger charge is -2.20. The normalized spacial score (nSPS) is 10.6. The van der Waals surface area contributed by atoms with Crippen LogP contribution >= 0.6 is 0 Å². The van der Waals surface area contributed by atoms with E-state index in [9.17, 15) is 4.79 Å². The average molecular weight is 312 g/mol. The minimum Gasteiger partial charge on any atom is -0.354 e. The molecule has 0 saturated heterocycles. The SMILES string of the molecule is CCN(Cc1ccccc1)C(=O)c1ccnc(NCC(C)C)n1. The van der Waals surface area contributed by atoms with Gasteiger partial charge in [-0.1, -0.05) is 44.2 Å². The monoisotopic (exact) mass is 312 g/mol. The third-order valence-electron chi connectivity index (χ3n) is 3.43. The average Bonchev–Trinajstić information content (AvgIpc) is 2.58. The van der Waals surface area contributed by atoms with Crippen LogP contribution < -0.4 is 5.32 Å². The molecular weight excluding hydrogens is 288 g/mol. The summed E-state index contributed by atoms with van der Waals surface area (Å²) in [6.07, 6.45) is 1.62. The molecular formula is C18H24N4O. The zero-order valence-electron chi connectivity index (χ0n) is 14.0. The summed E-state index contributed by atoms with van der Waals surface area (Å²) in [6.45, 7) is 8.18. The summed E-state index contributed by atoms with van der Waals surface area (Å²) >= 11 is 0. The molecule has 5 nitrogen and oxygen atoms in total. The minimum atomic E-state index is -0.0775. The zero-order chi connectivity index (χ0) is 16.7. The van der Waals surface area contributed by atoms with Crippen LogP contribution in [0.1, 0.15) is 36.8 Å². The molecule has 23 heavy (non-hydrogen) atoms. The van der Waals surface area contributed by atoms with Gasteiger partial charge in [0.1, 0.15) is 5.69 Å². The summed E-state index contributed by atoms with van der Waals surface area (Å²) in [5, 5.41) is 3.15. The fourth-order valence-electron chi connectivity index (χ4n) is 2.15. The highest BCUT2D eigenvalue weighted by molar-refractivity contribution is 5.92.